The second-order valence-corrected chi connectivity index (χ2v) is 6.06. The van der Waals surface area contributed by atoms with Crippen LogP contribution in [0.15, 0.2) is 16.7 Å². The molecule has 1 N–H and O–H groups in total. The van der Waals surface area contributed by atoms with E-state index in [4.69, 9.17) is 5.73 Å². The van der Waals surface area contributed by atoms with Crippen LogP contribution in [-0.2, 0) is 30.6 Å². The van der Waals surface area contributed by atoms with E-state index in [1.165, 1.54) is 16.7 Å². The first kappa shape index (κ1) is 34.1. The van der Waals surface area contributed by atoms with Crippen LogP contribution in [0.1, 0.15) is 53.9 Å². The van der Waals surface area contributed by atoms with Crippen LogP contribution >= 0.6 is 0 Å². The van der Waals surface area contributed by atoms with Gasteiger partial charge in [0.2, 0.25) is 0 Å². The fourth-order valence-corrected chi connectivity index (χ4v) is 1.50. The minimum absolute atomic E-state index is 0. The van der Waals surface area contributed by atoms with Crippen LogP contribution in [0.4, 0.5) is 0 Å². The van der Waals surface area contributed by atoms with Crippen molar-refractivity contribution in [3.63, 3.8) is 0 Å². The Labute approximate surface area is 171 Å². The van der Waals surface area contributed by atoms with Crippen molar-refractivity contribution in [1.82, 2.24) is 0 Å². The molecule has 127 valence electrons. The van der Waals surface area contributed by atoms with E-state index in [1.54, 1.807) is 0 Å². The third-order valence-corrected chi connectivity index (χ3v) is 2.99. The number of halogens is 2. The van der Waals surface area contributed by atoms with Crippen molar-refractivity contribution in [2.75, 3.05) is 0 Å². The van der Waals surface area contributed by atoms with E-state index in [-0.39, 0.29) is 50.7 Å². The molecule has 22 heavy (non-hydrogen) atoms. The topological polar surface area (TPSA) is 40.9 Å². The Kier molecular flexibility index (Phi) is 33.5. The maximum absolute atomic E-state index is 9.87. The number of hydrogen-bond donors (Lipinski definition) is 0. The molecule has 1 radical (unpaired) electrons. The Bertz CT molecular complexity index is 334. The molecule has 0 saturated heterocycles. The Balaban J connectivity index is -0.0000000679. The average Bonchev–Trinajstić information content (AvgIpc) is 2.55. The Morgan fingerprint density at radius 3 is 1.73 bits per heavy atom. The molecule has 1 rings (SSSR count). The molecule has 0 aromatic heterocycles. The Morgan fingerprint density at radius 2 is 1.64 bits per heavy atom. The fourth-order valence-electron chi connectivity index (χ4n) is 1.50. The molecule has 0 aromatic rings. The molecular formula is C16H30Cl2HfNOSi. The number of carbonyl (C=O) groups is 1. The maximum Gasteiger partial charge on any atom is 4.00 e. The first-order valence-electron chi connectivity index (χ1n) is 7.07. The van der Waals surface area contributed by atoms with Gasteiger partial charge in [0.25, 0.3) is 0 Å². The van der Waals surface area contributed by atoms with Gasteiger partial charge in [-0.2, -0.15) is 11.1 Å². The maximum atomic E-state index is 9.87. The van der Waals surface area contributed by atoms with Crippen LogP contribution in [0.25, 0.3) is 5.73 Å². The van der Waals surface area contributed by atoms with Crippen molar-refractivity contribution in [3.8, 4) is 0 Å². The van der Waals surface area contributed by atoms with Gasteiger partial charge in [-0.1, -0.05) is 53.1 Å². The number of hydrogen-bond acceptors (Lipinski definition) is 1. The van der Waals surface area contributed by atoms with Gasteiger partial charge in [0.1, 0.15) is 0 Å². The third kappa shape index (κ3) is 18.7. The Hall–Kier alpha value is 0.617. The quantitative estimate of drug-likeness (QED) is 0.342. The van der Waals surface area contributed by atoms with Crippen molar-refractivity contribution >= 4 is 15.4 Å². The molecular weight excluding hydrogens is 500 g/mol. The van der Waals surface area contributed by atoms with Crippen molar-refractivity contribution in [1.29, 1.82) is 0 Å². The molecule has 0 spiro atoms. The molecule has 1 atom stereocenters. The first-order chi connectivity index (χ1) is 8.81. The predicted octanol–water partition coefficient (Wildman–Crippen LogP) is -0.998. The molecule has 1 aliphatic rings. The van der Waals surface area contributed by atoms with Gasteiger partial charge >= 0.3 is 25.8 Å². The van der Waals surface area contributed by atoms with Crippen LogP contribution in [0, 0.1) is 12.0 Å². The third-order valence-electron chi connectivity index (χ3n) is 2.99. The summed E-state index contributed by atoms with van der Waals surface area (Å²) >= 11 is 0. The normalized spacial score (nSPS) is 14.7. The van der Waals surface area contributed by atoms with Crippen LogP contribution in [0.5, 0.6) is 0 Å². The van der Waals surface area contributed by atoms with E-state index >= 15 is 0 Å². The van der Waals surface area contributed by atoms with Crippen molar-refractivity contribution < 1.29 is 55.5 Å². The largest absolute Gasteiger partial charge is 4.00 e. The fraction of sp³-hybridized carbons (Fsp3) is 0.688. The molecule has 0 bridgehead atoms. The second-order valence-electron chi connectivity index (χ2n) is 4.90. The SMILES string of the molecule is CC1=[C-]C(C)C(C)=C1C.CCCCC([NH-])=O.C[SiH]C.[Cl-].[Cl-].[Hf+4]. The average molecular weight is 530 g/mol. The zero-order chi connectivity index (χ0) is 15.4. The molecule has 6 heteroatoms. The molecule has 0 heterocycles. The summed E-state index contributed by atoms with van der Waals surface area (Å²) in [7, 11) is 0.750. The van der Waals surface area contributed by atoms with E-state index in [0.717, 1.165) is 22.4 Å². The number of amides is 1. The summed E-state index contributed by atoms with van der Waals surface area (Å²) in [5, 5.41) is 0. The molecule has 2 nitrogen and oxygen atoms in total. The first-order valence-corrected chi connectivity index (χ1v) is 9.38. The summed E-state index contributed by atoms with van der Waals surface area (Å²) in [6.07, 6.45) is 5.65. The van der Waals surface area contributed by atoms with Crippen molar-refractivity contribution in [2.24, 2.45) is 5.92 Å². The molecule has 0 fully saturated rings. The standard InChI is InChI=1S/C9H13.C5H11NO.C2H7Si.2ClH.Hf/c1-6-5-7(2)9(4)8(6)3;1-2-3-4-5(6)7;1-3-2;;;/h6H,1-4H3;2-4H2,1H3,(H2,6,7);3H,1-2H3;2*1H;/q-1;;;;;+4/p-3. The van der Waals surface area contributed by atoms with E-state index in [2.05, 4.69) is 46.9 Å². The van der Waals surface area contributed by atoms with E-state index in [0.29, 0.717) is 12.3 Å². The van der Waals surface area contributed by atoms with Gasteiger partial charge in [-0.3, -0.25) is 6.08 Å². The molecule has 1 amide bonds. The van der Waals surface area contributed by atoms with E-state index in [1.807, 2.05) is 6.92 Å². The van der Waals surface area contributed by atoms with Gasteiger partial charge in [0, 0.05) is 15.4 Å². The van der Waals surface area contributed by atoms with Gasteiger partial charge in [0.15, 0.2) is 0 Å². The summed E-state index contributed by atoms with van der Waals surface area (Å²) in [6.45, 7) is 15.1. The summed E-state index contributed by atoms with van der Waals surface area (Å²) in [5.74, 6) is 0.117. The zero-order valence-electron chi connectivity index (χ0n) is 14.9. The Morgan fingerprint density at radius 1 is 1.23 bits per heavy atom. The number of unbranched alkanes of at least 4 members (excludes halogenated alkanes) is 1. The summed E-state index contributed by atoms with van der Waals surface area (Å²) in [6, 6.07) is 0. The number of carbonyl (C=O) groups excluding carboxylic acids is 1. The van der Waals surface area contributed by atoms with Crippen LogP contribution in [0.2, 0.25) is 13.1 Å². The van der Waals surface area contributed by atoms with Crippen molar-refractivity contribution in [3.05, 3.63) is 28.5 Å². The summed E-state index contributed by atoms with van der Waals surface area (Å²) in [4.78, 5) is 9.87. The van der Waals surface area contributed by atoms with Crippen LogP contribution < -0.4 is 24.8 Å². The second kappa shape index (κ2) is 21.6. The van der Waals surface area contributed by atoms with Crippen LogP contribution in [-0.4, -0.2) is 15.4 Å². The van der Waals surface area contributed by atoms with Gasteiger partial charge in [0.05, 0.1) is 0 Å². The van der Waals surface area contributed by atoms with Crippen molar-refractivity contribution in [2.45, 2.75) is 67.0 Å². The molecule has 0 saturated carbocycles. The van der Waals surface area contributed by atoms with E-state index < -0.39 is 5.91 Å². The predicted molar refractivity (Wildman–Crippen MR) is 87.7 cm³/mol. The van der Waals surface area contributed by atoms with Gasteiger partial charge in [-0.15, -0.1) is 6.92 Å². The molecule has 0 aromatic carbocycles. The summed E-state index contributed by atoms with van der Waals surface area (Å²) < 4.78 is 0. The number of rotatable bonds is 3. The number of nitrogens with one attached hydrogen (secondary N) is 1. The minimum atomic E-state index is -0.443. The van der Waals surface area contributed by atoms with Gasteiger partial charge in [-0.25, -0.2) is 5.57 Å². The molecule has 1 unspecified atom stereocenters. The smallest absolute Gasteiger partial charge is 1.00 e. The van der Waals surface area contributed by atoms with Gasteiger partial charge in [-0.05, 0) is 12.8 Å². The monoisotopic (exact) mass is 530 g/mol. The minimum Gasteiger partial charge on any atom is -1.00 e. The molecule has 0 aliphatic heterocycles. The molecule has 1 aliphatic carbocycles. The van der Waals surface area contributed by atoms with Gasteiger partial charge < -0.3 is 35.3 Å². The zero-order valence-corrected chi connectivity index (χ0v) is 21.2. The summed E-state index contributed by atoms with van der Waals surface area (Å²) in [5.41, 5.74) is 10.7. The van der Waals surface area contributed by atoms with E-state index in [9.17, 15) is 4.79 Å². The number of allylic oxidation sites excluding steroid dienone is 4. The van der Waals surface area contributed by atoms with Crippen LogP contribution in [0.3, 0.4) is 0 Å².